The highest BCUT2D eigenvalue weighted by molar-refractivity contribution is 5.98. The van der Waals surface area contributed by atoms with Gasteiger partial charge in [0.25, 0.3) is 0 Å². The largest absolute Gasteiger partial charge is 0.300 e. The lowest BCUT2D eigenvalue weighted by Gasteiger charge is -2.46. The summed E-state index contributed by atoms with van der Waals surface area (Å²) in [5.41, 5.74) is 2.20. The van der Waals surface area contributed by atoms with Crippen molar-refractivity contribution in [3.8, 4) is 0 Å². The Morgan fingerprint density at radius 2 is 1.86 bits per heavy atom. The first-order chi connectivity index (χ1) is 10.1. The van der Waals surface area contributed by atoms with Crippen molar-refractivity contribution in [3.05, 3.63) is 35.4 Å². The van der Waals surface area contributed by atoms with E-state index in [0.717, 1.165) is 18.4 Å². The highest BCUT2D eigenvalue weighted by atomic mass is 16.1. The Hall–Kier alpha value is -1.15. The van der Waals surface area contributed by atoms with Gasteiger partial charge in [0.15, 0.2) is 5.78 Å². The third-order valence-corrected chi connectivity index (χ3v) is 5.55. The molecule has 0 spiro atoms. The average molecular weight is 285 g/mol. The van der Waals surface area contributed by atoms with Gasteiger partial charge in [-0.15, -0.1) is 0 Å². The minimum absolute atomic E-state index is 0.235. The summed E-state index contributed by atoms with van der Waals surface area (Å²) in [6.45, 7) is 4.37. The fraction of sp³-hybridized carbons (Fsp3) is 0.632. The third-order valence-electron chi connectivity index (χ3n) is 5.55. The molecule has 2 heterocycles. The van der Waals surface area contributed by atoms with Crippen LogP contribution in [0.5, 0.6) is 0 Å². The van der Waals surface area contributed by atoms with Crippen molar-refractivity contribution < 1.29 is 4.79 Å². The summed E-state index contributed by atoms with van der Waals surface area (Å²) in [5.74, 6) is 1.09. The summed E-state index contributed by atoms with van der Waals surface area (Å²) >= 11 is 0. The van der Waals surface area contributed by atoms with Crippen molar-refractivity contribution in [1.82, 2.24) is 4.90 Å². The highest BCUT2D eigenvalue weighted by Gasteiger charge is 2.38. The third kappa shape index (κ3) is 2.91. The van der Waals surface area contributed by atoms with E-state index in [9.17, 15) is 4.79 Å². The molecule has 0 aromatic heterocycles. The molecule has 2 saturated heterocycles. The second-order valence-corrected chi connectivity index (χ2v) is 7.22. The van der Waals surface area contributed by atoms with Gasteiger partial charge in [-0.2, -0.15) is 0 Å². The molecule has 0 radical (unpaired) electrons. The predicted octanol–water partition coefficient (Wildman–Crippen LogP) is 4.26. The van der Waals surface area contributed by atoms with Crippen molar-refractivity contribution in [2.45, 2.75) is 64.0 Å². The summed E-state index contributed by atoms with van der Waals surface area (Å²) in [5, 5.41) is 0. The molecule has 2 atom stereocenters. The van der Waals surface area contributed by atoms with Crippen molar-refractivity contribution >= 4 is 5.78 Å². The molecule has 2 aliphatic heterocycles. The molecule has 2 bridgehead atoms. The molecular weight excluding hydrogens is 258 g/mol. The summed E-state index contributed by atoms with van der Waals surface area (Å²) in [7, 11) is 2.24. The van der Waals surface area contributed by atoms with E-state index in [-0.39, 0.29) is 5.92 Å². The second kappa shape index (κ2) is 5.92. The molecule has 3 rings (SSSR count). The number of benzene rings is 1. The standard InChI is InChI=1S/C19H27NO/c1-13(2)14-6-4-7-15(10-14)19(21)16-11-17-8-5-9-18(12-16)20(17)3/h4,6-7,10,13,16-18H,5,8-9,11-12H2,1-3H3. The van der Waals surface area contributed by atoms with E-state index in [1.54, 1.807) is 0 Å². The second-order valence-electron chi connectivity index (χ2n) is 7.22. The van der Waals surface area contributed by atoms with Crippen LogP contribution < -0.4 is 0 Å². The van der Waals surface area contributed by atoms with Gasteiger partial charge in [-0.05, 0) is 50.3 Å². The Balaban J connectivity index is 1.78. The highest BCUT2D eigenvalue weighted by Crippen LogP contribution is 2.37. The Morgan fingerprint density at radius 1 is 1.19 bits per heavy atom. The number of hydrogen-bond donors (Lipinski definition) is 0. The molecule has 0 N–H and O–H groups in total. The minimum atomic E-state index is 0.235. The molecule has 2 heteroatoms. The Kier molecular flexibility index (Phi) is 4.17. The molecule has 21 heavy (non-hydrogen) atoms. The molecule has 0 aliphatic carbocycles. The van der Waals surface area contributed by atoms with Crippen molar-refractivity contribution in [2.75, 3.05) is 7.05 Å². The SMILES string of the molecule is CC(C)c1cccc(C(=O)C2CC3CCCC(C2)N3C)c1. The fourth-order valence-corrected chi connectivity index (χ4v) is 4.12. The normalized spacial score (nSPS) is 29.6. The maximum atomic E-state index is 12.9. The molecule has 0 saturated carbocycles. The zero-order chi connectivity index (χ0) is 15.0. The van der Waals surface area contributed by atoms with Crippen LogP contribution >= 0.6 is 0 Å². The monoisotopic (exact) mass is 285 g/mol. The molecule has 1 aromatic carbocycles. The van der Waals surface area contributed by atoms with Gasteiger partial charge in [-0.3, -0.25) is 4.79 Å². The lowest BCUT2D eigenvalue weighted by molar-refractivity contribution is 0.0338. The summed E-state index contributed by atoms with van der Waals surface area (Å²) in [6.07, 6.45) is 5.98. The molecule has 2 unspecified atom stereocenters. The van der Waals surface area contributed by atoms with Gasteiger partial charge in [0, 0.05) is 23.6 Å². The number of ketones is 1. The van der Waals surface area contributed by atoms with E-state index >= 15 is 0 Å². The van der Waals surface area contributed by atoms with Gasteiger partial charge in [0.2, 0.25) is 0 Å². The number of nitrogens with zero attached hydrogens (tertiary/aromatic N) is 1. The number of Topliss-reactive ketones (excluding diaryl/α,β-unsaturated/α-hetero) is 1. The fourth-order valence-electron chi connectivity index (χ4n) is 4.12. The number of carbonyl (C=O) groups excluding carboxylic acids is 1. The molecule has 2 fully saturated rings. The maximum absolute atomic E-state index is 12.9. The molecule has 2 aliphatic rings. The van der Waals surface area contributed by atoms with E-state index in [0.29, 0.717) is 23.8 Å². The lowest BCUT2D eigenvalue weighted by atomic mass is 9.76. The first kappa shape index (κ1) is 14.8. The van der Waals surface area contributed by atoms with Crippen molar-refractivity contribution in [2.24, 2.45) is 5.92 Å². The van der Waals surface area contributed by atoms with Gasteiger partial charge in [-0.25, -0.2) is 0 Å². The number of fused-ring (bicyclic) bond motifs is 2. The first-order valence-electron chi connectivity index (χ1n) is 8.42. The zero-order valence-electron chi connectivity index (χ0n) is 13.5. The van der Waals surface area contributed by atoms with Crippen LogP contribution in [-0.4, -0.2) is 29.8 Å². The molecule has 1 aromatic rings. The van der Waals surface area contributed by atoms with Crippen LogP contribution in [0.15, 0.2) is 24.3 Å². The van der Waals surface area contributed by atoms with Crippen LogP contribution in [0.4, 0.5) is 0 Å². The molecule has 2 nitrogen and oxygen atoms in total. The van der Waals surface area contributed by atoms with Crippen LogP contribution in [0.25, 0.3) is 0 Å². The topological polar surface area (TPSA) is 20.3 Å². The smallest absolute Gasteiger partial charge is 0.166 e. The first-order valence-corrected chi connectivity index (χ1v) is 8.42. The number of piperidine rings is 2. The van der Waals surface area contributed by atoms with Crippen LogP contribution in [-0.2, 0) is 0 Å². The predicted molar refractivity (Wildman–Crippen MR) is 86.8 cm³/mol. The van der Waals surface area contributed by atoms with Gasteiger partial charge in [0.1, 0.15) is 0 Å². The maximum Gasteiger partial charge on any atom is 0.166 e. The Bertz CT molecular complexity index is 508. The van der Waals surface area contributed by atoms with Crippen molar-refractivity contribution in [1.29, 1.82) is 0 Å². The van der Waals surface area contributed by atoms with E-state index in [1.165, 1.54) is 24.8 Å². The van der Waals surface area contributed by atoms with Gasteiger partial charge in [-0.1, -0.05) is 38.5 Å². The van der Waals surface area contributed by atoms with Gasteiger partial charge < -0.3 is 4.90 Å². The summed E-state index contributed by atoms with van der Waals surface area (Å²) in [4.78, 5) is 15.4. The van der Waals surface area contributed by atoms with Crippen LogP contribution in [0.2, 0.25) is 0 Å². The van der Waals surface area contributed by atoms with Crippen LogP contribution in [0, 0.1) is 5.92 Å². The number of carbonyl (C=O) groups is 1. The van der Waals surface area contributed by atoms with E-state index in [4.69, 9.17) is 0 Å². The Labute approximate surface area is 128 Å². The molecule has 0 amide bonds. The van der Waals surface area contributed by atoms with Crippen molar-refractivity contribution in [3.63, 3.8) is 0 Å². The summed E-state index contributed by atoms with van der Waals surface area (Å²) in [6, 6.07) is 9.53. The zero-order valence-corrected chi connectivity index (χ0v) is 13.5. The lowest BCUT2D eigenvalue weighted by Crippen LogP contribution is -2.51. The number of hydrogen-bond acceptors (Lipinski definition) is 2. The van der Waals surface area contributed by atoms with E-state index in [2.05, 4.69) is 37.9 Å². The van der Waals surface area contributed by atoms with Crippen LogP contribution in [0.3, 0.4) is 0 Å². The van der Waals surface area contributed by atoms with E-state index < -0.39 is 0 Å². The molecular formula is C19H27NO. The average Bonchev–Trinajstić information content (AvgIpc) is 2.46. The molecule has 114 valence electrons. The van der Waals surface area contributed by atoms with Gasteiger partial charge >= 0.3 is 0 Å². The van der Waals surface area contributed by atoms with Gasteiger partial charge in [0.05, 0.1) is 0 Å². The Morgan fingerprint density at radius 3 is 2.48 bits per heavy atom. The quantitative estimate of drug-likeness (QED) is 0.774. The van der Waals surface area contributed by atoms with E-state index in [1.807, 2.05) is 12.1 Å². The number of rotatable bonds is 3. The summed E-state index contributed by atoms with van der Waals surface area (Å²) < 4.78 is 0. The minimum Gasteiger partial charge on any atom is -0.300 e. The van der Waals surface area contributed by atoms with Crippen LogP contribution in [0.1, 0.15) is 67.8 Å².